The van der Waals surface area contributed by atoms with Gasteiger partial charge in [0.05, 0.1) is 11.9 Å². The first-order chi connectivity index (χ1) is 11.8. The topological polar surface area (TPSA) is 45.5 Å². The number of hydrogen-bond acceptors (Lipinski definition) is 4. The second-order valence-electron chi connectivity index (χ2n) is 6.09. The van der Waals surface area contributed by atoms with E-state index in [9.17, 15) is 4.39 Å². The molecule has 0 radical (unpaired) electrons. The number of anilines is 1. The zero-order valence-electron chi connectivity index (χ0n) is 13.6. The zero-order valence-corrected chi connectivity index (χ0v) is 13.6. The van der Waals surface area contributed by atoms with Gasteiger partial charge in [0.1, 0.15) is 11.6 Å². The fraction of sp³-hybridized carbons (Fsp3) is 0.333. The summed E-state index contributed by atoms with van der Waals surface area (Å²) in [5.41, 5.74) is 1.89. The molecule has 4 rings (SSSR count). The van der Waals surface area contributed by atoms with Gasteiger partial charge in [-0.25, -0.2) is 9.37 Å². The Morgan fingerprint density at radius 2 is 2.17 bits per heavy atom. The summed E-state index contributed by atoms with van der Waals surface area (Å²) in [6, 6.07) is 11.0. The van der Waals surface area contributed by atoms with Crippen LogP contribution in [0, 0.1) is 5.82 Å². The fourth-order valence-electron chi connectivity index (χ4n) is 3.24. The second kappa shape index (κ2) is 6.20. The number of nitrogens with one attached hydrogen (secondary N) is 1. The van der Waals surface area contributed by atoms with E-state index in [2.05, 4.69) is 27.2 Å². The normalized spacial score (nSPS) is 18.2. The van der Waals surface area contributed by atoms with Crippen LogP contribution in [-0.2, 0) is 0 Å². The Morgan fingerprint density at radius 3 is 3.00 bits per heavy atom. The highest BCUT2D eigenvalue weighted by Crippen LogP contribution is 2.27. The summed E-state index contributed by atoms with van der Waals surface area (Å²) in [6.45, 7) is 4.92. The molecule has 0 aliphatic carbocycles. The Morgan fingerprint density at radius 1 is 1.29 bits per heavy atom. The van der Waals surface area contributed by atoms with Crippen LogP contribution in [0.4, 0.5) is 10.2 Å². The summed E-state index contributed by atoms with van der Waals surface area (Å²) in [4.78, 5) is 6.88. The fourth-order valence-corrected chi connectivity index (χ4v) is 3.24. The molecule has 124 valence electrons. The molecule has 1 aliphatic heterocycles. The van der Waals surface area contributed by atoms with Crippen molar-refractivity contribution in [2.75, 3.05) is 24.5 Å². The molecule has 3 heterocycles. The minimum Gasteiger partial charge on any atom is -0.354 e. The molecule has 0 saturated carbocycles. The summed E-state index contributed by atoms with van der Waals surface area (Å²) in [5, 5.41) is 7.92. The van der Waals surface area contributed by atoms with Crippen molar-refractivity contribution >= 4 is 11.5 Å². The Hall–Kier alpha value is -2.47. The molecule has 1 atom stereocenters. The van der Waals surface area contributed by atoms with Crippen LogP contribution in [-0.4, -0.2) is 40.3 Å². The van der Waals surface area contributed by atoms with Gasteiger partial charge in [-0.3, -0.25) is 0 Å². The van der Waals surface area contributed by atoms with Crippen molar-refractivity contribution in [1.29, 1.82) is 0 Å². The number of aromatic nitrogens is 3. The van der Waals surface area contributed by atoms with Crippen LogP contribution in [0.25, 0.3) is 16.9 Å². The van der Waals surface area contributed by atoms with Crippen molar-refractivity contribution in [2.24, 2.45) is 0 Å². The van der Waals surface area contributed by atoms with Crippen molar-refractivity contribution in [3.63, 3.8) is 0 Å². The molecule has 24 heavy (non-hydrogen) atoms. The number of hydrogen-bond donors (Lipinski definition) is 1. The van der Waals surface area contributed by atoms with Crippen LogP contribution in [0.15, 0.2) is 42.6 Å². The van der Waals surface area contributed by atoms with Crippen LogP contribution in [0.5, 0.6) is 0 Å². The van der Waals surface area contributed by atoms with Crippen LogP contribution in [0.2, 0.25) is 0 Å². The third-order valence-electron chi connectivity index (χ3n) is 4.56. The molecule has 2 aromatic heterocycles. The second-order valence-corrected chi connectivity index (χ2v) is 6.09. The van der Waals surface area contributed by atoms with Gasteiger partial charge in [0.2, 0.25) is 0 Å². The summed E-state index contributed by atoms with van der Waals surface area (Å²) in [7, 11) is 0. The average molecular weight is 325 g/mol. The zero-order chi connectivity index (χ0) is 16.5. The number of rotatable bonds is 3. The molecule has 1 aromatic carbocycles. The summed E-state index contributed by atoms with van der Waals surface area (Å²) >= 11 is 0. The van der Waals surface area contributed by atoms with Gasteiger partial charge in [-0.1, -0.05) is 19.1 Å². The van der Waals surface area contributed by atoms with Gasteiger partial charge in [-0.2, -0.15) is 9.61 Å². The molecule has 1 aliphatic rings. The van der Waals surface area contributed by atoms with Crippen molar-refractivity contribution in [3.05, 3.63) is 48.4 Å². The van der Waals surface area contributed by atoms with Crippen LogP contribution < -0.4 is 10.2 Å². The number of piperazine rings is 1. The monoisotopic (exact) mass is 325 g/mol. The summed E-state index contributed by atoms with van der Waals surface area (Å²) in [6.07, 6.45) is 2.81. The van der Waals surface area contributed by atoms with E-state index in [1.54, 1.807) is 18.3 Å². The maximum absolute atomic E-state index is 14.2. The third-order valence-corrected chi connectivity index (χ3v) is 4.56. The Bertz CT molecular complexity index is 859. The van der Waals surface area contributed by atoms with Crippen LogP contribution >= 0.6 is 0 Å². The lowest BCUT2D eigenvalue weighted by Gasteiger charge is -2.34. The van der Waals surface area contributed by atoms with Crippen molar-refractivity contribution in [1.82, 2.24) is 19.9 Å². The van der Waals surface area contributed by atoms with Gasteiger partial charge < -0.3 is 10.2 Å². The number of halogens is 1. The predicted octanol–water partition coefficient (Wildman–Crippen LogP) is 2.72. The van der Waals surface area contributed by atoms with Gasteiger partial charge in [0.25, 0.3) is 0 Å². The van der Waals surface area contributed by atoms with E-state index in [1.807, 2.05) is 22.7 Å². The van der Waals surface area contributed by atoms with Gasteiger partial charge in [0, 0.05) is 43.4 Å². The minimum atomic E-state index is -0.258. The largest absolute Gasteiger partial charge is 0.354 e. The Kier molecular flexibility index (Phi) is 3.90. The highest BCUT2D eigenvalue weighted by Gasteiger charge is 2.21. The molecule has 3 aromatic rings. The van der Waals surface area contributed by atoms with Crippen LogP contribution in [0.1, 0.15) is 13.3 Å². The van der Waals surface area contributed by atoms with E-state index in [1.165, 1.54) is 6.07 Å². The predicted molar refractivity (Wildman–Crippen MR) is 92.7 cm³/mol. The molecule has 0 bridgehead atoms. The Labute approximate surface area is 140 Å². The van der Waals surface area contributed by atoms with Gasteiger partial charge in [-0.15, -0.1) is 0 Å². The first-order valence-electron chi connectivity index (χ1n) is 8.34. The highest BCUT2D eigenvalue weighted by molar-refractivity contribution is 5.67. The van der Waals surface area contributed by atoms with E-state index in [4.69, 9.17) is 0 Å². The molecule has 1 unspecified atom stereocenters. The quantitative estimate of drug-likeness (QED) is 0.804. The molecular weight excluding hydrogens is 305 g/mol. The number of nitrogens with zero attached hydrogens (tertiary/aromatic N) is 4. The van der Waals surface area contributed by atoms with Gasteiger partial charge >= 0.3 is 0 Å². The molecule has 0 spiro atoms. The summed E-state index contributed by atoms with van der Waals surface area (Å²) in [5.74, 6) is 0.703. The SMILES string of the molecule is CCC1CN(c2cc(-c3ccccc3F)nc3ccnn23)CCN1. The first-order valence-corrected chi connectivity index (χ1v) is 8.34. The molecule has 1 fully saturated rings. The lowest BCUT2D eigenvalue weighted by molar-refractivity contribution is 0.443. The third kappa shape index (κ3) is 2.63. The lowest BCUT2D eigenvalue weighted by atomic mass is 10.1. The molecular formula is C18H20FN5. The minimum absolute atomic E-state index is 0.258. The summed E-state index contributed by atoms with van der Waals surface area (Å²) < 4.78 is 16.0. The van der Waals surface area contributed by atoms with Gasteiger partial charge in [-0.05, 0) is 18.6 Å². The van der Waals surface area contributed by atoms with E-state index >= 15 is 0 Å². The maximum Gasteiger partial charge on any atom is 0.157 e. The van der Waals surface area contributed by atoms with Crippen molar-refractivity contribution < 1.29 is 4.39 Å². The van der Waals surface area contributed by atoms with E-state index < -0.39 is 0 Å². The average Bonchev–Trinajstić information content (AvgIpc) is 3.10. The molecule has 1 N–H and O–H groups in total. The molecule has 6 heteroatoms. The highest BCUT2D eigenvalue weighted by atomic mass is 19.1. The van der Waals surface area contributed by atoms with E-state index in [0.29, 0.717) is 17.3 Å². The first kappa shape index (κ1) is 15.1. The molecule has 5 nitrogen and oxygen atoms in total. The molecule has 1 saturated heterocycles. The van der Waals surface area contributed by atoms with Crippen molar-refractivity contribution in [3.8, 4) is 11.3 Å². The number of fused-ring (bicyclic) bond motifs is 1. The van der Waals surface area contributed by atoms with Crippen LogP contribution in [0.3, 0.4) is 0 Å². The standard InChI is InChI=1S/C18H20FN5/c1-2-13-12-23(10-9-20-13)18-11-16(14-5-3-4-6-15(14)19)22-17-7-8-21-24(17)18/h3-8,11,13,20H,2,9-10,12H2,1H3. The van der Waals surface area contributed by atoms with E-state index in [0.717, 1.165) is 37.5 Å². The van der Waals surface area contributed by atoms with Gasteiger partial charge in [0.15, 0.2) is 5.65 Å². The maximum atomic E-state index is 14.2. The molecule has 0 amide bonds. The lowest BCUT2D eigenvalue weighted by Crippen LogP contribution is -2.51. The smallest absolute Gasteiger partial charge is 0.157 e. The van der Waals surface area contributed by atoms with E-state index in [-0.39, 0.29) is 5.82 Å². The number of benzene rings is 1. The van der Waals surface area contributed by atoms with Crippen molar-refractivity contribution in [2.45, 2.75) is 19.4 Å². The Balaban J connectivity index is 1.83.